The summed E-state index contributed by atoms with van der Waals surface area (Å²) in [6.07, 6.45) is 2.43. The van der Waals surface area contributed by atoms with Crippen molar-refractivity contribution in [2.24, 2.45) is 0 Å². The number of halogens is 1. The van der Waals surface area contributed by atoms with Crippen molar-refractivity contribution in [2.75, 3.05) is 11.9 Å². The van der Waals surface area contributed by atoms with Crippen molar-refractivity contribution in [1.29, 1.82) is 0 Å². The van der Waals surface area contributed by atoms with Gasteiger partial charge in [-0.05, 0) is 43.3 Å². The first kappa shape index (κ1) is 18.2. The summed E-state index contributed by atoms with van der Waals surface area (Å²) in [4.78, 5) is 16.3. The molecule has 134 valence electrons. The highest BCUT2D eigenvalue weighted by atomic mass is 79.9. The summed E-state index contributed by atoms with van der Waals surface area (Å²) >= 11 is 3.41. The van der Waals surface area contributed by atoms with Crippen molar-refractivity contribution in [2.45, 2.75) is 19.8 Å². The first-order valence-electron chi connectivity index (χ1n) is 8.37. The molecule has 1 amide bonds. The molecular weight excluding hydrogens is 396 g/mol. The summed E-state index contributed by atoms with van der Waals surface area (Å²) in [5.74, 6) is 1.94. The Morgan fingerprint density at radius 1 is 1.15 bits per heavy atom. The molecule has 5 nitrogen and oxygen atoms in total. The molecular formula is C20H19BrN2O3. The van der Waals surface area contributed by atoms with Gasteiger partial charge >= 0.3 is 0 Å². The number of carbonyl (C=O) groups is 1. The number of aryl methyl sites for hydroxylation is 1. The van der Waals surface area contributed by atoms with Crippen molar-refractivity contribution in [1.82, 2.24) is 4.98 Å². The van der Waals surface area contributed by atoms with Crippen LogP contribution in [0.15, 0.2) is 63.6 Å². The van der Waals surface area contributed by atoms with Crippen LogP contribution in [0, 0.1) is 0 Å². The molecule has 0 bridgehead atoms. The third-order valence-electron chi connectivity index (χ3n) is 3.70. The van der Waals surface area contributed by atoms with E-state index in [2.05, 4.69) is 26.2 Å². The van der Waals surface area contributed by atoms with Crippen LogP contribution in [0.25, 0.3) is 11.3 Å². The number of rotatable bonds is 7. The maximum Gasteiger partial charge on any atom is 0.224 e. The molecule has 0 aliphatic heterocycles. The molecule has 0 radical (unpaired) electrons. The Kier molecular flexibility index (Phi) is 6.07. The normalized spacial score (nSPS) is 10.5. The lowest BCUT2D eigenvalue weighted by Crippen LogP contribution is -2.12. The van der Waals surface area contributed by atoms with E-state index in [1.54, 1.807) is 6.20 Å². The van der Waals surface area contributed by atoms with Crippen molar-refractivity contribution < 1.29 is 13.9 Å². The fourth-order valence-electron chi connectivity index (χ4n) is 2.42. The zero-order chi connectivity index (χ0) is 18.4. The number of ether oxygens (including phenoxy) is 1. The van der Waals surface area contributed by atoms with Gasteiger partial charge in [0.05, 0.1) is 12.8 Å². The molecule has 26 heavy (non-hydrogen) atoms. The average Bonchev–Trinajstić information content (AvgIpc) is 3.11. The third-order valence-corrected chi connectivity index (χ3v) is 4.23. The number of oxazole rings is 1. The first-order chi connectivity index (χ1) is 12.6. The topological polar surface area (TPSA) is 64.4 Å². The van der Waals surface area contributed by atoms with Gasteiger partial charge in [-0.1, -0.05) is 28.1 Å². The van der Waals surface area contributed by atoms with Gasteiger partial charge < -0.3 is 14.5 Å². The van der Waals surface area contributed by atoms with Crippen LogP contribution in [-0.4, -0.2) is 17.5 Å². The highest BCUT2D eigenvalue weighted by Gasteiger charge is 2.09. The van der Waals surface area contributed by atoms with Crippen molar-refractivity contribution in [3.8, 4) is 17.1 Å². The molecule has 0 spiro atoms. The lowest BCUT2D eigenvalue weighted by Gasteiger charge is -2.06. The molecule has 3 rings (SSSR count). The summed E-state index contributed by atoms with van der Waals surface area (Å²) in [6.45, 7) is 2.55. The zero-order valence-electron chi connectivity index (χ0n) is 14.4. The number of hydrogen-bond acceptors (Lipinski definition) is 4. The van der Waals surface area contributed by atoms with Crippen LogP contribution in [0.2, 0.25) is 0 Å². The molecule has 6 heteroatoms. The fourth-order valence-corrected chi connectivity index (χ4v) is 2.68. The molecule has 1 heterocycles. The fraction of sp³-hybridized carbons (Fsp3) is 0.200. The Labute approximate surface area is 160 Å². The SMILES string of the molecule is CCOc1ccc(NC(=O)CCc2ncc(-c3ccc(Br)cc3)o2)cc1. The van der Waals surface area contributed by atoms with Crippen LogP contribution in [0.1, 0.15) is 19.2 Å². The Balaban J connectivity index is 1.52. The Morgan fingerprint density at radius 2 is 1.88 bits per heavy atom. The van der Waals surface area contributed by atoms with E-state index in [1.807, 2.05) is 55.5 Å². The monoisotopic (exact) mass is 414 g/mol. The van der Waals surface area contributed by atoms with Gasteiger partial charge in [-0.3, -0.25) is 4.79 Å². The van der Waals surface area contributed by atoms with E-state index >= 15 is 0 Å². The minimum absolute atomic E-state index is 0.0856. The molecule has 2 aromatic carbocycles. The second-order valence-electron chi connectivity index (χ2n) is 5.63. The maximum atomic E-state index is 12.1. The second-order valence-corrected chi connectivity index (χ2v) is 6.55. The molecule has 0 unspecified atom stereocenters. The van der Waals surface area contributed by atoms with E-state index in [4.69, 9.17) is 9.15 Å². The number of carbonyl (C=O) groups excluding carboxylic acids is 1. The molecule has 0 fully saturated rings. The lowest BCUT2D eigenvalue weighted by atomic mass is 10.2. The van der Waals surface area contributed by atoms with Gasteiger partial charge in [-0.25, -0.2) is 4.98 Å². The molecule has 3 aromatic rings. The highest BCUT2D eigenvalue weighted by molar-refractivity contribution is 9.10. The molecule has 1 N–H and O–H groups in total. The smallest absolute Gasteiger partial charge is 0.224 e. The van der Waals surface area contributed by atoms with Crippen LogP contribution in [-0.2, 0) is 11.2 Å². The van der Waals surface area contributed by atoms with Gasteiger partial charge in [-0.2, -0.15) is 0 Å². The second kappa shape index (κ2) is 8.67. The molecule has 0 saturated carbocycles. The summed E-state index contributed by atoms with van der Waals surface area (Å²) in [6, 6.07) is 15.1. The number of nitrogens with one attached hydrogen (secondary N) is 1. The number of aromatic nitrogens is 1. The van der Waals surface area contributed by atoms with Gasteiger partial charge in [-0.15, -0.1) is 0 Å². The van der Waals surface area contributed by atoms with Crippen LogP contribution in [0.5, 0.6) is 5.75 Å². The van der Waals surface area contributed by atoms with Gasteiger partial charge in [0, 0.05) is 28.6 Å². The predicted molar refractivity (Wildman–Crippen MR) is 104 cm³/mol. The molecule has 0 aliphatic rings. The predicted octanol–water partition coefficient (Wildman–Crippen LogP) is 5.07. The number of amides is 1. The van der Waals surface area contributed by atoms with Gasteiger partial charge in [0.25, 0.3) is 0 Å². The number of hydrogen-bond donors (Lipinski definition) is 1. The Hall–Kier alpha value is -2.60. The van der Waals surface area contributed by atoms with Gasteiger partial charge in [0.15, 0.2) is 11.7 Å². The summed E-state index contributed by atoms with van der Waals surface area (Å²) in [5, 5.41) is 2.86. The minimum atomic E-state index is -0.0856. The van der Waals surface area contributed by atoms with E-state index in [9.17, 15) is 4.79 Å². The largest absolute Gasteiger partial charge is 0.494 e. The summed E-state index contributed by atoms with van der Waals surface area (Å²) in [5.41, 5.74) is 1.69. The van der Waals surface area contributed by atoms with E-state index in [1.165, 1.54) is 0 Å². The van der Waals surface area contributed by atoms with E-state index in [0.717, 1.165) is 21.5 Å². The van der Waals surface area contributed by atoms with E-state index < -0.39 is 0 Å². The number of benzene rings is 2. The maximum absolute atomic E-state index is 12.1. The first-order valence-corrected chi connectivity index (χ1v) is 9.16. The van der Waals surface area contributed by atoms with Crippen LogP contribution in [0.3, 0.4) is 0 Å². The average molecular weight is 415 g/mol. The molecule has 0 aliphatic carbocycles. The molecule has 0 saturated heterocycles. The van der Waals surface area contributed by atoms with Crippen molar-refractivity contribution in [3.05, 3.63) is 65.1 Å². The van der Waals surface area contributed by atoms with E-state index in [0.29, 0.717) is 31.1 Å². The Morgan fingerprint density at radius 3 is 2.58 bits per heavy atom. The van der Waals surface area contributed by atoms with Crippen molar-refractivity contribution >= 4 is 27.5 Å². The van der Waals surface area contributed by atoms with Gasteiger partial charge in [0.2, 0.25) is 5.91 Å². The van der Waals surface area contributed by atoms with E-state index in [-0.39, 0.29) is 5.91 Å². The highest BCUT2D eigenvalue weighted by Crippen LogP contribution is 2.23. The number of nitrogens with zero attached hydrogens (tertiary/aromatic N) is 1. The van der Waals surface area contributed by atoms with Gasteiger partial charge in [0.1, 0.15) is 5.75 Å². The summed E-state index contributed by atoms with van der Waals surface area (Å²) < 4.78 is 12.1. The minimum Gasteiger partial charge on any atom is -0.494 e. The molecule has 0 atom stereocenters. The van der Waals surface area contributed by atoms with Crippen molar-refractivity contribution in [3.63, 3.8) is 0 Å². The van der Waals surface area contributed by atoms with Crippen LogP contribution >= 0.6 is 15.9 Å². The lowest BCUT2D eigenvalue weighted by molar-refractivity contribution is -0.116. The van der Waals surface area contributed by atoms with Crippen LogP contribution in [0.4, 0.5) is 5.69 Å². The molecule has 1 aromatic heterocycles. The summed E-state index contributed by atoms with van der Waals surface area (Å²) in [7, 11) is 0. The Bertz CT molecular complexity index is 858. The zero-order valence-corrected chi connectivity index (χ0v) is 16.0. The third kappa shape index (κ3) is 4.95. The quantitative estimate of drug-likeness (QED) is 0.585. The van der Waals surface area contributed by atoms with Crippen LogP contribution < -0.4 is 10.1 Å². The standard InChI is InChI=1S/C20H19BrN2O3/c1-2-25-17-9-7-16(8-10-17)23-19(24)11-12-20-22-13-18(26-20)14-3-5-15(21)6-4-14/h3-10,13H,2,11-12H2,1H3,(H,23,24). The number of anilines is 1.